The maximum absolute atomic E-state index is 10.1. The summed E-state index contributed by atoms with van der Waals surface area (Å²) in [6, 6.07) is 16.5. The summed E-state index contributed by atoms with van der Waals surface area (Å²) in [6.45, 7) is 4.08. The molecule has 2 rings (SSSR count). The topological polar surface area (TPSA) is 78.8 Å². The van der Waals surface area contributed by atoms with Gasteiger partial charge in [-0.1, -0.05) is 35.9 Å². The van der Waals surface area contributed by atoms with Crippen molar-refractivity contribution in [2.24, 2.45) is 0 Å². The van der Waals surface area contributed by atoms with Crippen molar-refractivity contribution in [1.29, 1.82) is 0 Å². The highest BCUT2D eigenvalue weighted by atomic mass is 16.5. The first kappa shape index (κ1) is 17.5. The number of carboxylic acid groups (broad SMARTS) is 1. The van der Waals surface area contributed by atoms with Gasteiger partial charge in [0.25, 0.3) is 0 Å². The van der Waals surface area contributed by atoms with Crippen molar-refractivity contribution in [2.75, 3.05) is 11.9 Å². The Morgan fingerprint density at radius 3 is 2.23 bits per heavy atom. The maximum Gasteiger partial charge on any atom is 0.409 e. The molecule has 0 aliphatic carbocycles. The first-order valence-electron chi connectivity index (χ1n) is 6.90. The molecule has 0 fully saturated rings. The van der Waals surface area contributed by atoms with Gasteiger partial charge in [-0.25, -0.2) is 4.79 Å². The largest absolute Gasteiger partial charge is 0.491 e. The van der Waals surface area contributed by atoms with Gasteiger partial charge in [-0.15, -0.1) is 0 Å². The lowest BCUT2D eigenvalue weighted by atomic mass is 10.2. The van der Waals surface area contributed by atoms with Crippen LogP contribution in [0.1, 0.15) is 12.5 Å². The van der Waals surface area contributed by atoms with Crippen LogP contribution in [0.4, 0.5) is 10.5 Å². The third kappa shape index (κ3) is 7.91. The molecule has 3 N–H and O–H groups in total. The number of amides is 1. The molecule has 1 amide bonds. The van der Waals surface area contributed by atoms with Crippen LogP contribution in [-0.2, 0) is 0 Å². The Bertz CT molecular complexity index is 553. The average Bonchev–Trinajstić information content (AvgIpc) is 2.48. The summed E-state index contributed by atoms with van der Waals surface area (Å²) in [5, 5.41) is 19.4. The molecule has 0 heterocycles. The Labute approximate surface area is 130 Å². The van der Waals surface area contributed by atoms with Crippen LogP contribution in [0.25, 0.3) is 0 Å². The number of hydrogen-bond donors (Lipinski definition) is 3. The zero-order valence-corrected chi connectivity index (χ0v) is 12.7. The SMILES string of the molecule is Cc1ccc(OCC(C)O)cc1.O=C(O)Nc1ccccc1. The van der Waals surface area contributed by atoms with E-state index < -0.39 is 12.2 Å². The minimum absolute atomic E-state index is 0.350. The molecule has 0 saturated carbocycles. The summed E-state index contributed by atoms with van der Waals surface area (Å²) in [5.74, 6) is 0.807. The van der Waals surface area contributed by atoms with Gasteiger partial charge in [0.1, 0.15) is 12.4 Å². The molecular weight excluding hydrogens is 282 g/mol. The van der Waals surface area contributed by atoms with Gasteiger partial charge in [0.2, 0.25) is 0 Å². The van der Waals surface area contributed by atoms with Crippen LogP contribution in [0.5, 0.6) is 5.75 Å². The van der Waals surface area contributed by atoms with Gasteiger partial charge in [0.05, 0.1) is 6.10 Å². The fraction of sp³-hybridized carbons (Fsp3) is 0.235. The van der Waals surface area contributed by atoms with E-state index >= 15 is 0 Å². The molecule has 0 radical (unpaired) electrons. The maximum atomic E-state index is 10.1. The average molecular weight is 303 g/mol. The van der Waals surface area contributed by atoms with Crippen LogP contribution >= 0.6 is 0 Å². The molecule has 118 valence electrons. The van der Waals surface area contributed by atoms with Crippen molar-refractivity contribution in [3.05, 3.63) is 60.2 Å². The summed E-state index contributed by atoms with van der Waals surface area (Å²) in [5.41, 5.74) is 1.80. The van der Waals surface area contributed by atoms with Gasteiger partial charge in [0, 0.05) is 5.69 Å². The second-order valence-corrected chi connectivity index (χ2v) is 4.77. The van der Waals surface area contributed by atoms with E-state index in [0.29, 0.717) is 12.3 Å². The predicted octanol–water partition coefficient (Wildman–Crippen LogP) is 3.53. The Morgan fingerprint density at radius 2 is 1.73 bits per heavy atom. The van der Waals surface area contributed by atoms with E-state index in [2.05, 4.69) is 5.32 Å². The molecule has 2 aromatic rings. The predicted molar refractivity (Wildman–Crippen MR) is 86.4 cm³/mol. The Morgan fingerprint density at radius 1 is 1.14 bits per heavy atom. The summed E-state index contributed by atoms with van der Waals surface area (Å²) >= 11 is 0. The molecule has 0 bridgehead atoms. The van der Waals surface area contributed by atoms with Crippen LogP contribution in [0.3, 0.4) is 0 Å². The smallest absolute Gasteiger partial charge is 0.409 e. The number of aliphatic hydroxyl groups excluding tert-OH is 1. The van der Waals surface area contributed by atoms with Crippen molar-refractivity contribution < 1.29 is 19.7 Å². The molecular formula is C17H21NO4. The highest BCUT2D eigenvalue weighted by molar-refractivity contribution is 5.82. The number of para-hydroxylation sites is 1. The third-order valence-corrected chi connectivity index (χ3v) is 2.54. The zero-order valence-electron chi connectivity index (χ0n) is 12.7. The van der Waals surface area contributed by atoms with E-state index in [1.165, 1.54) is 5.56 Å². The minimum Gasteiger partial charge on any atom is -0.491 e. The second kappa shape index (κ2) is 9.41. The van der Waals surface area contributed by atoms with E-state index in [4.69, 9.17) is 14.9 Å². The van der Waals surface area contributed by atoms with E-state index in [9.17, 15) is 4.79 Å². The van der Waals surface area contributed by atoms with Crippen LogP contribution in [-0.4, -0.2) is 29.0 Å². The fourth-order valence-electron chi connectivity index (χ4n) is 1.50. The molecule has 22 heavy (non-hydrogen) atoms. The molecule has 0 spiro atoms. The van der Waals surface area contributed by atoms with E-state index in [0.717, 1.165) is 5.75 Å². The molecule has 2 aromatic carbocycles. The van der Waals surface area contributed by atoms with Crippen molar-refractivity contribution in [3.8, 4) is 5.75 Å². The number of aliphatic hydroxyl groups is 1. The van der Waals surface area contributed by atoms with Gasteiger partial charge >= 0.3 is 6.09 Å². The molecule has 5 nitrogen and oxygen atoms in total. The third-order valence-electron chi connectivity index (χ3n) is 2.54. The molecule has 1 unspecified atom stereocenters. The van der Waals surface area contributed by atoms with Crippen molar-refractivity contribution in [1.82, 2.24) is 0 Å². The Hall–Kier alpha value is -2.53. The number of benzene rings is 2. The van der Waals surface area contributed by atoms with Gasteiger partial charge in [-0.2, -0.15) is 0 Å². The summed E-state index contributed by atoms with van der Waals surface area (Å²) in [6.07, 6.45) is -1.45. The molecule has 0 saturated heterocycles. The van der Waals surface area contributed by atoms with E-state index in [-0.39, 0.29) is 0 Å². The number of rotatable bonds is 4. The first-order chi connectivity index (χ1) is 10.5. The lowest BCUT2D eigenvalue weighted by Crippen LogP contribution is -2.12. The normalized spacial score (nSPS) is 10.9. The molecule has 0 aliphatic heterocycles. The molecule has 1 atom stereocenters. The second-order valence-electron chi connectivity index (χ2n) is 4.77. The lowest BCUT2D eigenvalue weighted by molar-refractivity contribution is 0.122. The van der Waals surface area contributed by atoms with Crippen molar-refractivity contribution in [3.63, 3.8) is 0 Å². The summed E-state index contributed by atoms with van der Waals surface area (Å²) in [7, 11) is 0. The highest BCUT2D eigenvalue weighted by Gasteiger charge is 1.96. The van der Waals surface area contributed by atoms with E-state index in [1.54, 1.807) is 31.2 Å². The molecule has 0 aromatic heterocycles. The summed E-state index contributed by atoms with van der Waals surface area (Å²) < 4.78 is 5.27. The quantitative estimate of drug-likeness (QED) is 0.807. The monoisotopic (exact) mass is 303 g/mol. The van der Waals surface area contributed by atoms with Gasteiger partial charge < -0.3 is 14.9 Å². The Balaban J connectivity index is 0.000000224. The number of aryl methyl sites for hydroxylation is 1. The number of hydrogen-bond acceptors (Lipinski definition) is 3. The lowest BCUT2D eigenvalue weighted by Gasteiger charge is -2.07. The summed E-state index contributed by atoms with van der Waals surface area (Å²) in [4.78, 5) is 10.1. The standard InChI is InChI=1S/C10H14O2.C7H7NO2/c1-8-3-5-10(6-4-8)12-7-9(2)11;9-7(10)8-6-4-2-1-3-5-6/h3-6,9,11H,7H2,1-2H3;1-5,8H,(H,9,10). The van der Waals surface area contributed by atoms with Crippen LogP contribution in [0.2, 0.25) is 0 Å². The van der Waals surface area contributed by atoms with Crippen molar-refractivity contribution >= 4 is 11.8 Å². The number of anilines is 1. The van der Waals surface area contributed by atoms with Crippen LogP contribution in [0, 0.1) is 6.92 Å². The number of carbonyl (C=O) groups is 1. The zero-order chi connectivity index (χ0) is 16.4. The number of nitrogens with one attached hydrogen (secondary N) is 1. The van der Waals surface area contributed by atoms with Gasteiger partial charge in [0.15, 0.2) is 0 Å². The van der Waals surface area contributed by atoms with Crippen LogP contribution in [0.15, 0.2) is 54.6 Å². The fourth-order valence-corrected chi connectivity index (χ4v) is 1.50. The molecule has 5 heteroatoms. The van der Waals surface area contributed by atoms with Crippen LogP contribution < -0.4 is 10.1 Å². The first-order valence-corrected chi connectivity index (χ1v) is 6.90. The molecule has 0 aliphatic rings. The van der Waals surface area contributed by atoms with Gasteiger partial charge in [-0.3, -0.25) is 5.32 Å². The number of ether oxygens (including phenoxy) is 1. The van der Waals surface area contributed by atoms with Crippen molar-refractivity contribution in [2.45, 2.75) is 20.0 Å². The highest BCUT2D eigenvalue weighted by Crippen LogP contribution is 2.11. The Kier molecular flexibility index (Phi) is 7.50. The van der Waals surface area contributed by atoms with E-state index in [1.807, 2.05) is 37.3 Å². The van der Waals surface area contributed by atoms with Gasteiger partial charge in [-0.05, 0) is 38.1 Å². The minimum atomic E-state index is -1.04.